The van der Waals surface area contributed by atoms with Gasteiger partial charge in [0.1, 0.15) is 18.2 Å². The molecule has 0 saturated carbocycles. The van der Waals surface area contributed by atoms with Crippen molar-refractivity contribution in [2.24, 2.45) is 5.73 Å². The van der Waals surface area contributed by atoms with Crippen molar-refractivity contribution < 1.29 is 18.6 Å². The summed E-state index contributed by atoms with van der Waals surface area (Å²) in [6.45, 7) is 0.523. The number of hydrogen-bond acceptors (Lipinski definition) is 4. The Morgan fingerprint density at radius 3 is 2.75 bits per heavy atom. The number of hydrogen-bond donors (Lipinski definition) is 1. The summed E-state index contributed by atoms with van der Waals surface area (Å²) in [5.74, 6) is 1.62. The third kappa shape index (κ3) is 2.40. The van der Waals surface area contributed by atoms with Crippen LogP contribution in [0.2, 0.25) is 0 Å². The van der Waals surface area contributed by atoms with Crippen LogP contribution < -0.4 is 19.9 Å². The molecule has 0 aliphatic carbocycles. The maximum Gasteiger partial charge on any atom is 0.231 e. The van der Waals surface area contributed by atoms with Gasteiger partial charge in [-0.3, -0.25) is 0 Å². The van der Waals surface area contributed by atoms with Crippen molar-refractivity contribution in [2.75, 3.05) is 6.79 Å². The van der Waals surface area contributed by atoms with Crippen molar-refractivity contribution in [3.8, 4) is 17.2 Å². The first-order valence-corrected chi connectivity index (χ1v) is 6.26. The topological polar surface area (TPSA) is 53.7 Å². The first-order valence-electron chi connectivity index (χ1n) is 6.26. The van der Waals surface area contributed by atoms with Crippen molar-refractivity contribution in [2.45, 2.75) is 13.2 Å². The van der Waals surface area contributed by atoms with Crippen LogP contribution in [0.3, 0.4) is 0 Å². The Bertz CT molecular complexity index is 631. The van der Waals surface area contributed by atoms with E-state index in [0.29, 0.717) is 28.4 Å². The molecule has 1 aliphatic rings. The van der Waals surface area contributed by atoms with Gasteiger partial charge in [-0.2, -0.15) is 0 Å². The average Bonchev–Trinajstić information content (AvgIpc) is 2.93. The van der Waals surface area contributed by atoms with E-state index < -0.39 is 0 Å². The van der Waals surface area contributed by atoms with E-state index in [1.807, 2.05) is 0 Å². The molecule has 4 nitrogen and oxygen atoms in total. The number of fused-ring (bicyclic) bond motifs is 1. The van der Waals surface area contributed by atoms with E-state index >= 15 is 0 Å². The molecule has 2 aromatic rings. The maximum atomic E-state index is 14.0. The Labute approximate surface area is 115 Å². The minimum atomic E-state index is -0.309. The fourth-order valence-corrected chi connectivity index (χ4v) is 2.03. The van der Waals surface area contributed by atoms with E-state index in [9.17, 15) is 4.39 Å². The molecule has 2 N–H and O–H groups in total. The SMILES string of the molecule is NCc1cccc(COc2ccc3c(c2)OCO3)c1F. The molecule has 0 aromatic heterocycles. The summed E-state index contributed by atoms with van der Waals surface area (Å²) in [6.07, 6.45) is 0. The lowest BCUT2D eigenvalue weighted by Crippen LogP contribution is -2.05. The van der Waals surface area contributed by atoms with E-state index in [-0.39, 0.29) is 25.8 Å². The number of halogens is 1. The van der Waals surface area contributed by atoms with Crippen LogP contribution in [0.25, 0.3) is 0 Å². The van der Waals surface area contributed by atoms with E-state index in [1.165, 1.54) is 0 Å². The average molecular weight is 275 g/mol. The Hall–Kier alpha value is -2.27. The van der Waals surface area contributed by atoms with E-state index in [1.54, 1.807) is 36.4 Å². The van der Waals surface area contributed by atoms with E-state index in [2.05, 4.69) is 0 Å². The molecule has 20 heavy (non-hydrogen) atoms. The minimum Gasteiger partial charge on any atom is -0.489 e. The zero-order valence-corrected chi connectivity index (χ0v) is 10.8. The second-order valence-corrected chi connectivity index (χ2v) is 4.40. The first-order chi connectivity index (χ1) is 9.78. The van der Waals surface area contributed by atoms with Gasteiger partial charge >= 0.3 is 0 Å². The molecule has 0 atom stereocenters. The normalized spacial score (nSPS) is 12.5. The smallest absolute Gasteiger partial charge is 0.231 e. The van der Waals surface area contributed by atoms with Crippen molar-refractivity contribution in [3.63, 3.8) is 0 Å². The van der Waals surface area contributed by atoms with Crippen molar-refractivity contribution in [3.05, 3.63) is 53.3 Å². The zero-order chi connectivity index (χ0) is 13.9. The second-order valence-electron chi connectivity index (χ2n) is 4.40. The fourth-order valence-electron chi connectivity index (χ4n) is 2.03. The summed E-state index contributed by atoms with van der Waals surface area (Å²) in [6, 6.07) is 10.4. The van der Waals surface area contributed by atoms with Crippen LogP contribution in [0, 0.1) is 5.82 Å². The van der Waals surface area contributed by atoms with Gasteiger partial charge in [-0.15, -0.1) is 0 Å². The van der Waals surface area contributed by atoms with Crippen LogP contribution in [-0.2, 0) is 13.2 Å². The molecule has 0 unspecified atom stereocenters. The minimum absolute atomic E-state index is 0.138. The quantitative estimate of drug-likeness (QED) is 0.931. The predicted molar refractivity (Wildman–Crippen MR) is 71.2 cm³/mol. The van der Waals surface area contributed by atoms with Crippen LogP contribution in [0.1, 0.15) is 11.1 Å². The monoisotopic (exact) mass is 275 g/mol. The number of ether oxygens (including phenoxy) is 3. The molecule has 2 aromatic carbocycles. The Kier molecular flexibility index (Phi) is 3.43. The van der Waals surface area contributed by atoms with Crippen molar-refractivity contribution in [1.82, 2.24) is 0 Å². The van der Waals surface area contributed by atoms with Gasteiger partial charge in [-0.1, -0.05) is 18.2 Å². The van der Waals surface area contributed by atoms with Gasteiger partial charge < -0.3 is 19.9 Å². The summed E-state index contributed by atoms with van der Waals surface area (Å²) in [4.78, 5) is 0. The van der Waals surface area contributed by atoms with Crippen LogP contribution in [-0.4, -0.2) is 6.79 Å². The molecule has 0 saturated heterocycles. The van der Waals surface area contributed by atoms with Crippen molar-refractivity contribution >= 4 is 0 Å². The van der Waals surface area contributed by atoms with Crippen LogP contribution in [0.4, 0.5) is 4.39 Å². The molecule has 104 valence electrons. The molecule has 5 heteroatoms. The summed E-state index contributed by atoms with van der Waals surface area (Å²) < 4.78 is 30.0. The van der Waals surface area contributed by atoms with Gasteiger partial charge in [-0.05, 0) is 12.1 Å². The molecule has 0 radical (unpaired) electrons. The molecular weight excluding hydrogens is 261 g/mol. The first kappa shape index (κ1) is 12.7. The summed E-state index contributed by atoms with van der Waals surface area (Å²) in [5.41, 5.74) is 6.44. The Morgan fingerprint density at radius 1 is 1.10 bits per heavy atom. The molecule has 3 rings (SSSR count). The molecule has 0 fully saturated rings. The van der Waals surface area contributed by atoms with Gasteiger partial charge in [-0.25, -0.2) is 4.39 Å². The number of benzene rings is 2. The molecular formula is C15H14FNO3. The molecule has 0 bridgehead atoms. The van der Waals surface area contributed by atoms with E-state index in [4.69, 9.17) is 19.9 Å². The predicted octanol–water partition coefficient (Wildman–Crippen LogP) is 2.59. The highest BCUT2D eigenvalue weighted by atomic mass is 19.1. The third-order valence-corrected chi connectivity index (χ3v) is 3.12. The van der Waals surface area contributed by atoms with Gasteiger partial charge in [0, 0.05) is 23.7 Å². The zero-order valence-electron chi connectivity index (χ0n) is 10.8. The molecule has 0 spiro atoms. The van der Waals surface area contributed by atoms with Crippen LogP contribution in [0.5, 0.6) is 17.2 Å². The highest BCUT2D eigenvalue weighted by Crippen LogP contribution is 2.35. The van der Waals surface area contributed by atoms with Crippen molar-refractivity contribution in [1.29, 1.82) is 0 Å². The Balaban J connectivity index is 1.73. The molecule has 0 amide bonds. The lowest BCUT2D eigenvalue weighted by molar-refractivity contribution is 0.173. The lowest BCUT2D eigenvalue weighted by atomic mass is 10.1. The number of rotatable bonds is 4. The van der Waals surface area contributed by atoms with Gasteiger partial charge in [0.2, 0.25) is 6.79 Å². The second kappa shape index (κ2) is 5.38. The molecule has 1 heterocycles. The maximum absolute atomic E-state index is 14.0. The van der Waals surface area contributed by atoms with Crippen LogP contribution >= 0.6 is 0 Å². The van der Waals surface area contributed by atoms with E-state index in [0.717, 1.165) is 0 Å². The molecule has 1 aliphatic heterocycles. The lowest BCUT2D eigenvalue weighted by Gasteiger charge is -2.09. The van der Waals surface area contributed by atoms with Gasteiger partial charge in [0.15, 0.2) is 11.5 Å². The largest absolute Gasteiger partial charge is 0.489 e. The van der Waals surface area contributed by atoms with Crippen LogP contribution in [0.15, 0.2) is 36.4 Å². The van der Waals surface area contributed by atoms with Gasteiger partial charge in [0.05, 0.1) is 0 Å². The third-order valence-electron chi connectivity index (χ3n) is 3.12. The summed E-state index contributed by atoms with van der Waals surface area (Å²) in [5, 5.41) is 0. The highest BCUT2D eigenvalue weighted by molar-refractivity contribution is 5.46. The summed E-state index contributed by atoms with van der Waals surface area (Å²) in [7, 11) is 0. The summed E-state index contributed by atoms with van der Waals surface area (Å²) >= 11 is 0. The number of nitrogens with two attached hydrogens (primary N) is 1. The fraction of sp³-hybridized carbons (Fsp3) is 0.200. The van der Waals surface area contributed by atoms with Gasteiger partial charge in [0.25, 0.3) is 0 Å². The standard InChI is InChI=1S/C15H14FNO3/c16-15-10(7-17)2-1-3-11(15)8-18-12-4-5-13-14(6-12)20-9-19-13/h1-6H,7-9,17H2. The highest BCUT2D eigenvalue weighted by Gasteiger charge is 2.14. The Morgan fingerprint density at radius 2 is 1.90 bits per heavy atom.